The van der Waals surface area contributed by atoms with Gasteiger partial charge in [0.25, 0.3) is 0 Å². The Morgan fingerprint density at radius 2 is 2.23 bits per heavy atom. The fourth-order valence-corrected chi connectivity index (χ4v) is 1.37. The predicted molar refractivity (Wildman–Crippen MR) is 56.7 cm³/mol. The first-order chi connectivity index (χ1) is 6.24. The highest BCUT2D eigenvalue weighted by molar-refractivity contribution is 5.24. The second-order valence-corrected chi connectivity index (χ2v) is 3.41. The molecule has 1 unspecified atom stereocenters. The summed E-state index contributed by atoms with van der Waals surface area (Å²) in [6.07, 6.45) is 0.986. The lowest BCUT2D eigenvalue weighted by Gasteiger charge is -2.11. The largest absolute Gasteiger partial charge is 0.324 e. The molecule has 13 heavy (non-hydrogen) atoms. The fraction of sp³-hybridized carbons (Fsp3) is 0.455. The van der Waals surface area contributed by atoms with Crippen LogP contribution >= 0.6 is 0 Å². The average molecular weight is 178 g/mol. The molecular weight excluding hydrogens is 160 g/mol. The van der Waals surface area contributed by atoms with Gasteiger partial charge in [-0.05, 0) is 32.5 Å². The molecule has 2 heteroatoms. The van der Waals surface area contributed by atoms with Gasteiger partial charge in [0.2, 0.25) is 0 Å². The van der Waals surface area contributed by atoms with Gasteiger partial charge in [-0.15, -0.1) is 0 Å². The van der Waals surface area contributed by atoms with Crippen LogP contribution in [0.5, 0.6) is 0 Å². The average Bonchev–Trinajstić information content (AvgIpc) is 2.14. The quantitative estimate of drug-likeness (QED) is 0.735. The number of nitrogens with one attached hydrogen (secondary N) is 1. The van der Waals surface area contributed by atoms with E-state index < -0.39 is 0 Å². The molecule has 0 aliphatic carbocycles. The van der Waals surface area contributed by atoms with Crippen LogP contribution in [0, 0.1) is 6.92 Å². The molecule has 1 atom stereocenters. The molecule has 0 saturated heterocycles. The monoisotopic (exact) mass is 178 g/mol. The van der Waals surface area contributed by atoms with E-state index in [2.05, 4.69) is 36.5 Å². The van der Waals surface area contributed by atoms with E-state index in [0.717, 1.165) is 13.0 Å². The van der Waals surface area contributed by atoms with Crippen molar-refractivity contribution in [3.05, 3.63) is 35.4 Å². The maximum absolute atomic E-state index is 6.01. The third kappa shape index (κ3) is 3.17. The summed E-state index contributed by atoms with van der Waals surface area (Å²) in [5.41, 5.74) is 8.52. The molecule has 0 aliphatic heterocycles. The molecule has 0 bridgehead atoms. The van der Waals surface area contributed by atoms with Gasteiger partial charge in [-0.3, -0.25) is 0 Å². The minimum atomic E-state index is 0.160. The molecule has 2 nitrogen and oxygen atoms in total. The van der Waals surface area contributed by atoms with Gasteiger partial charge in [0.1, 0.15) is 0 Å². The number of hydrogen-bond acceptors (Lipinski definition) is 2. The molecule has 0 aliphatic rings. The second-order valence-electron chi connectivity index (χ2n) is 3.41. The Morgan fingerprint density at radius 1 is 1.46 bits per heavy atom. The van der Waals surface area contributed by atoms with E-state index in [9.17, 15) is 0 Å². The van der Waals surface area contributed by atoms with Crippen LogP contribution in [0.25, 0.3) is 0 Å². The highest BCUT2D eigenvalue weighted by atomic mass is 14.8. The number of rotatable bonds is 4. The predicted octanol–water partition coefficient (Wildman–Crippen LogP) is 1.60. The summed E-state index contributed by atoms with van der Waals surface area (Å²) in [4.78, 5) is 0. The normalized spacial score (nSPS) is 12.8. The summed E-state index contributed by atoms with van der Waals surface area (Å²) in [5, 5.41) is 3.10. The Kier molecular flexibility index (Phi) is 3.93. The van der Waals surface area contributed by atoms with Gasteiger partial charge in [0, 0.05) is 6.04 Å². The third-order valence-corrected chi connectivity index (χ3v) is 2.18. The minimum absolute atomic E-state index is 0.160. The Labute approximate surface area is 80.1 Å². The molecule has 1 rings (SSSR count). The Hall–Kier alpha value is -0.860. The zero-order valence-electron chi connectivity index (χ0n) is 8.38. The molecule has 0 heterocycles. The van der Waals surface area contributed by atoms with Crippen molar-refractivity contribution in [1.82, 2.24) is 5.32 Å². The first-order valence-electron chi connectivity index (χ1n) is 4.71. The zero-order chi connectivity index (χ0) is 9.68. The maximum Gasteiger partial charge on any atom is 0.0307 e. The van der Waals surface area contributed by atoms with Crippen LogP contribution in [0.1, 0.15) is 23.6 Å². The van der Waals surface area contributed by atoms with Crippen LogP contribution in [0.3, 0.4) is 0 Å². The van der Waals surface area contributed by atoms with Crippen molar-refractivity contribution < 1.29 is 0 Å². The van der Waals surface area contributed by atoms with E-state index in [1.807, 2.05) is 7.05 Å². The summed E-state index contributed by atoms with van der Waals surface area (Å²) < 4.78 is 0. The van der Waals surface area contributed by atoms with E-state index in [-0.39, 0.29) is 6.04 Å². The molecule has 0 fully saturated rings. The maximum atomic E-state index is 6.01. The molecule has 0 aromatic heterocycles. The van der Waals surface area contributed by atoms with Crippen LogP contribution in [-0.4, -0.2) is 13.6 Å². The van der Waals surface area contributed by atoms with E-state index in [1.165, 1.54) is 11.1 Å². The molecule has 1 aromatic rings. The van der Waals surface area contributed by atoms with Crippen molar-refractivity contribution >= 4 is 0 Å². The summed E-state index contributed by atoms with van der Waals surface area (Å²) in [5.74, 6) is 0. The van der Waals surface area contributed by atoms with Crippen molar-refractivity contribution in [1.29, 1.82) is 0 Å². The highest BCUT2D eigenvalue weighted by Gasteiger charge is 2.04. The second kappa shape index (κ2) is 5.00. The SMILES string of the molecule is CNCCC(N)c1cccc(C)c1. The van der Waals surface area contributed by atoms with Crippen molar-refractivity contribution in [2.45, 2.75) is 19.4 Å². The molecule has 3 N–H and O–H groups in total. The zero-order valence-corrected chi connectivity index (χ0v) is 8.38. The molecular formula is C11H18N2. The first kappa shape index (κ1) is 10.2. The van der Waals surface area contributed by atoms with E-state index in [1.54, 1.807) is 0 Å². The Bertz CT molecular complexity index is 258. The summed E-state index contributed by atoms with van der Waals surface area (Å²) in [6.45, 7) is 3.06. The number of benzene rings is 1. The van der Waals surface area contributed by atoms with Gasteiger partial charge in [-0.1, -0.05) is 29.8 Å². The summed E-state index contributed by atoms with van der Waals surface area (Å²) in [6, 6.07) is 8.55. The number of hydrogen-bond donors (Lipinski definition) is 2. The first-order valence-corrected chi connectivity index (χ1v) is 4.71. The van der Waals surface area contributed by atoms with Gasteiger partial charge >= 0.3 is 0 Å². The number of nitrogens with two attached hydrogens (primary N) is 1. The molecule has 1 aromatic carbocycles. The van der Waals surface area contributed by atoms with Gasteiger partial charge in [-0.25, -0.2) is 0 Å². The van der Waals surface area contributed by atoms with Crippen molar-refractivity contribution in [3.63, 3.8) is 0 Å². The summed E-state index contributed by atoms with van der Waals surface area (Å²) >= 11 is 0. The van der Waals surface area contributed by atoms with Crippen molar-refractivity contribution in [2.24, 2.45) is 5.73 Å². The Balaban J connectivity index is 2.60. The standard InChI is InChI=1S/C11H18N2/c1-9-4-3-5-10(8-9)11(12)6-7-13-2/h3-5,8,11,13H,6-7,12H2,1-2H3. The molecule has 72 valence electrons. The minimum Gasteiger partial charge on any atom is -0.324 e. The smallest absolute Gasteiger partial charge is 0.0307 e. The number of aryl methyl sites for hydroxylation is 1. The van der Waals surface area contributed by atoms with Crippen LogP contribution in [0.15, 0.2) is 24.3 Å². The molecule has 0 spiro atoms. The van der Waals surface area contributed by atoms with Gasteiger partial charge in [0.05, 0.1) is 0 Å². The van der Waals surface area contributed by atoms with E-state index >= 15 is 0 Å². The lowest BCUT2D eigenvalue weighted by Crippen LogP contribution is -2.17. The van der Waals surface area contributed by atoms with Gasteiger partial charge in [0.15, 0.2) is 0 Å². The van der Waals surface area contributed by atoms with Gasteiger partial charge in [-0.2, -0.15) is 0 Å². The molecule has 0 amide bonds. The van der Waals surface area contributed by atoms with E-state index in [4.69, 9.17) is 5.73 Å². The fourth-order valence-electron chi connectivity index (χ4n) is 1.37. The lowest BCUT2D eigenvalue weighted by molar-refractivity contribution is 0.615. The van der Waals surface area contributed by atoms with E-state index in [0.29, 0.717) is 0 Å². The van der Waals surface area contributed by atoms with Gasteiger partial charge < -0.3 is 11.1 Å². The molecule has 0 saturated carbocycles. The Morgan fingerprint density at radius 3 is 2.85 bits per heavy atom. The highest BCUT2D eigenvalue weighted by Crippen LogP contribution is 2.14. The van der Waals surface area contributed by atoms with Crippen molar-refractivity contribution in [3.8, 4) is 0 Å². The third-order valence-electron chi connectivity index (χ3n) is 2.18. The topological polar surface area (TPSA) is 38.0 Å². The van der Waals surface area contributed by atoms with Crippen LogP contribution in [-0.2, 0) is 0 Å². The van der Waals surface area contributed by atoms with Crippen LogP contribution in [0.4, 0.5) is 0 Å². The van der Waals surface area contributed by atoms with Crippen molar-refractivity contribution in [2.75, 3.05) is 13.6 Å². The molecule has 0 radical (unpaired) electrons. The summed E-state index contributed by atoms with van der Waals surface area (Å²) in [7, 11) is 1.95. The lowest BCUT2D eigenvalue weighted by atomic mass is 10.0. The van der Waals surface area contributed by atoms with Crippen LogP contribution < -0.4 is 11.1 Å². The van der Waals surface area contributed by atoms with Crippen LogP contribution in [0.2, 0.25) is 0 Å².